The second kappa shape index (κ2) is 5.14. The van der Waals surface area contributed by atoms with Crippen molar-refractivity contribution in [1.29, 1.82) is 0 Å². The minimum Gasteiger partial charge on any atom is -0.481 e. The van der Waals surface area contributed by atoms with Crippen LogP contribution < -0.4 is 0 Å². The summed E-state index contributed by atoms with van der Waals surface area (Å²) in [5.41, 5.74) is 0. The lowest BCUT2D eigenvalue weighted by Gasteiger charge is -2.33. The second-order valence-corrected chi connectivity index (χ2v) is 4.43. The van der Waals surface area contributed by atoms with Crippen LogP contribution in [-0.4, -0.2) is 22.2 Å². The van der Waals surface area contributed by atoms with Gasteiger partial charge in [-0.2, -0.15) is 0 Å². The Kier molecular flexibility index (Phi) is 4.12. The molecule has 0 bridgehead atoms. The largest absolute Gasteiger partial charge is 0.481 e. The third-order valence-electron chi connectivity index (χ3n) is 3.44. The summed E-state index contributed by atoms with van der Waals surface area (Å²) in [4.78, 5) is 21.5. The van der Waals surface area contributed by atoms with Crippen LogP contribution in [0.3, 0.4) is 0 Å². The van der Waals surface area contributed by atoms with Crippen LogP contribution >= 0.6 is 0 Å². The number of carboxylic acids is 2. The Labute approximate surface area is 89.3 Å². The highest BCUT2D eigenvalue weighted by molar-refractivity contribution is 5.70. The predicted molar refractivity (Wildman–Crippen MR) is 54.5 cm³/mol. The van der Waals surface area contributed by atoms with E-state index in [0.29, 0.717) is 0 Å². The van der Waals surface area contributed by atoms with E-state index in [1.54, 1.807) is 6.92 Å². The fourth-order valence-corrected chi connectivity index (χ4v) is 2.56. The Balaban J connectivity index is 2.64. The number of carbonyl (C=O) groups is 2. The van der Waals surface area contributed by atoms with E-state index in [0.717, 1.165) is 25.7 Å². The molecular formula is C11H18O4. The molecular weight excluding hydrogens is 196 g/mol. The smallest absolute Gasteiger partial charge is 0.306 e. The first-order valence-corrected chi connectivity index (χ1v) is 5.47. The molecule has 0 heterocycles. The summed E-state index contributed by atoms with van der Waals surface area (Å²) in [5.74, 6) is -1.97. The summed E-state index contributed by atoms with van der Waals surface area (Å²) >= 11 is 0. The summed E-state index contributed by atoms with van der Waals surface area (Å²) in [6.07, 6.45) is 3.88. The lowest BCUT2D eigenvalue weighted by Crippen LogP contribution is -2.31. The van der Waals surface area contributed by atoms with Crippen LogP contribution in [0.15, 0.2) is 0 Å². The van der Waals surface area contributed by atoms with Gasteiger partial charge in [0.2, 0.25) is 0 Å². The maximum atomic E-state index is 10.9. The zero-order valence-electron chi connectivity index (χ0n) is 8.98. The zero-order chi connectivity index (χ0) is 11.4. The highest BCUT2D eigenvalue weighted by Crippen LogP contribution is 2.37. The van der Waals surface area contributed by atoms with Gasteiger partial charge in [-0.25, -0.2) is 0 Å². The van der Waals surface area contributed by atoms with Gasteiger partial charge in [-0.3, -0.25) is 9.59 Å². The molecule has 0 radical (unpaired) electrons. The minimum absolute atomic E-state index is 0.0346. The molecule has 4 nitrogen and oxygen atoms in total. The SMILES string of the molecule is C[C@@H](C(=O)O)C1CCCCC1CC(=O)O. The topological polar surface area (TPSA) is 74.6 Å². The van der Waals surface area contributed by atoms with Crippen LogP contribution in [0.5, 0.6) is 0 Å². The molecule has 2 unspecified atom stereocenters. The first kappa shape index (κ1) is 12.0. The fraction of sp³-hybridized carbons (Fsp3) is 0.818. The predicted octanol–water partition coefficient (Wildman–Crippen LogP) is 1.99. The van der Waals surface area contributed by atoms with Crippen molar-refractivity contribution in [3.8, 4) is 0 Å². The molecule has 1 aliphatic rings. The summed E-state index contributed by atoms with van der Waals surface area (Å²) in [5, 5.41) is 17.7. The number of rotatable bonds is 4. The quantitative estimate of drug-likeness (QED) is 0.750. The third-order valence-corrected chi connectivity index (χ3v) is 3.44. The minimum atomic E-state index is -0.815. The maximum Gasteiger partial charge on any atom is 0.306 e. The van der Waals surface area contributed by atoms with Crippen LogP contribution in [0.25, 0.3) is 0 Å². The van der Waals surface area contributed by atoms with E-state index in [1.165, 1.54) is 0 Å². The first-order chi connectivity index (χ1) is 7.02. The fourth-order valence-electron chi connectivity index (χ4n) is 2.56. The van der Waals surface area contributed by atoms with E-state index in [-0.39, 0.29) is 18.3 Å². The van der Waals surface area contributed by atoms with Gasteiger partial charge < -0.3 is 10.2 Å². The molecule has 0 aromatic carbocycles. The molecule has 0 spiro atoms. The highest BCUT2D eigenvalue weighted by Gasteiger charge is 2.33. The molecule has 0 aromatic heterocycles. The number of aliphatic carboxylic acids is 2. The summed E-state index contributed by atoms with van der Waals surface area (Å²) in [6, 6.07) is 0. The summed E-state index contributed by atoms with van der Waals surface area (Å²) in [7, 11) is 0. The van der Waals surface area contributed by atoms with Crippen molar-refractivity contribution in [3.05, 3.63) is 0 Å². The van der Waals surface area contributed by atoms with Crippen LogP contribution in [-0.2, 0) is 9.59 Å². The lowest BCUT2D eigenvalue weighted by atomic mass is 9.71. The molecule has 15 heavy (non-hydrogen) atoms. The average molecular weight is 214 g/mol. The maximum absolute atomic E-state index is 10.9. The van der Waals surface area contributed by atoms with E-state index in [9.17, 15) is 9.59 Å². The summed E-state index contributed by atoms with van der Waals surface area (Å²) < 4.78 is 0. The van der Waals surface area contributed by atoms with E-state index in [2.05, 4.69) is 0 Å². The molecule has 2 N–H and O–H groups in total. The molecule has 1 saturated carbocycles. The van der Waals surface area contributed by atoms with Crippen LogP contribution in [0.2, 0.25) is 0 Å². The van der Waals surface area contributed by atoms with Gasteiger partial charge in [0, 0.05) is 6.42 Å². The molecule has 4 heteroatoms. The van der Waals surface area contributed by atoms with Crippen LogP contribution in [0.1, 0.15) is 39.0 Å². The molecule has 0 saturated heterocycles. The monoisotopic (exact) mass is 214 g/mol. The molecule has 0 aromatic rings. The second-order valence-electron chi connectivity index (χ2n) is 4.43. The van der Waals surface area contributed by atoms with Gasteiger partial charge in [-0.05, 0) is 24.7 Å². The lowest BCUT2D eigenvalue weighted by molar-refractivity contribution is -0.146. The molecule has 1 fully saturated rings. The molecule has 86 valence electrons. The van der Waals surface area contributed by atoms with Crippen molar-refractivity contribution >= 4 is 11.9 Å². The van der Waals surface area contributed by atoms with Crippen molar-refractivity contribution in [3.63, 3.8) is 0 Å². The van der Waals surface area contributed by atoms with Crippen LogP contribution in [0.4, 0.5) is 0 Å². The normalized spacial score (nSPS) is 28.3. The van der Waals surface area contributed by atoms with Gasteiger partial charge in [0.15, 0.2) is 0 Å². The Morgan fingerprint density at radius 3 is 2.40 bits per heavy atom. The van der Waals surface area contributed by atoms with Crippen molar-refractivity contribution in [2.75, 3.05) is 0 Å². The van der Waals surface area contributed by atoms with E-state index in [4.69, 9.17) is 10.2 Å². The van der Waals surface area contributed by atoms with Gasteiger partial charge >= 0.3 is 11.9 Å². The van der Waals surface area contributed by atoms with Crippen molar-refractivity contribution in [2.24, 2.45) is 17.8 Å². The van der Waals surface area contributed by atoms with Gasteiger partial charge in [0.1, 0.15) is 0 Å². The number of hydrogen-bond donors (Lipinski definition) is 2. The van der Waals surface area contributed by atoms with Gasteiger partial charge in [0.05, 0.1) is 5.92 Å². The van der Waals surface area contributed by atoms with Gasteiger partial charge in [-0.15, -0.1) is 0 Å². The Morgan fingerprint density at radius 2 is 1.87 bits per heavy atom. The van der Waals surface area contributed by atoms with Gasteiger partial charge in [-0.1, -0.05) is 19.8 Å². The standard InChI is InChI=1S/C11H18O4/c1-7(11(14)15)9-5-3-2-4-8(9)6-10(12)13/h7-9H,2-6H2,1H3,(H,12,13)(H,14,15)/t7-,8?,9?/m1/s1. The Bertz CT molecular complexity index is 249. The third kappa shape index (κ3) is 3.22. The summed E-state index contributed by atoms with van der Waals surface area (Å²) in [6.45, 7) is 1.69. The number of hydrogen-bond acceptors (Lipinski definition) is 2. The average Bonchev–Trinajstić information content (AvgIpc) is 2.16. The highest BCUT2D eigenvalue weighted by atomic mass is 16.4. The van der Waals surface area contributed by atoms with E-state index < -0.39 is 17.9 Å². The van der Waals surface area contributed by atoms with E-state index >= 15 is 0 Å². The number of carboxylic acid groups (broad SMARTS) is 2. The molecule has 1 rings (SSSR count). The Morgan fingerprint density at radius 1 is 1.27 bits per heavy atom. The first-order valence-electron chi connectivity index (χ1n) is 5.47. The van der Waals surface area contributed by atoms with Crippen molar-refractivity contribution < 1.29 is 19.8 Å². The van der Waals surface area contributed by atoms with Gasteiger partial charge in [0.25, 0.3) is 0 Å². The van der Waals surface area contributed by atoms with Crippen molar-refractivity contribution in [1.82, 2.24) is 0 Å². The molecule has 0 aliphatic heterocycles. The van der Waals surface area contributed by atoms with Crippen LogP contribution in [0, 0.1) is 17.8 Å². The molecule has 3 atom stereocenters. The zero-order valence-corrected chi connectivity index (χ0v) is 8.98. The molecule has 0 amide bonds. The van der Waals surface area contributed by atoms with Crippen molar-refractivity contribution in [2.45, 2.75) is 39.0 Å². The van der Waals surface area contributed by atoms with E-state index in [1.807, 2.05) is 0 Å². The molecule has 1 aliphatic carbocycles. The Hall–Kier alpha value is -1.06.